The first kappa shape index (κ1) is 17.4. The number of amides is 1. The van der Waals surface area contributed by atoms with Crippen LogP contribution in [-0.2, 0) is 0 Å². The average Bonchev–Trinajstić information content (AvgIpc) is 3.14. The van der Waals surface area contributed by atoms with Crippen molar-refractivity contribution < 1.29 is 18.9 Å². The van der Waals surface area contributed by atoms with E-state index in [4.69, 9.17) is 20.8 Å². The second-order valence-electron chi connectivity index (χ2n) is 4.94. The van der Waals surface area contributed by atoms with E-state index < -0.39 is 16.7 Å². The average molecular weight is 375 g/mol. The maximum Gasteiger partial charge on any atom is 0.433 e. The summed E-state index contributed by atoms with van der Waals surface area (Å²) in [4.78, 5) is 30.5. The fraction of sp³-hybridized carbons (Fsp3) is 0.0625. The molecule has 10 heteroatoms. The lowest BCUT2D eigenvalue weighted by molar-refractivity contribution is -0.402. The fourth-order valence-electron chi connectivity index (χ4n) is 2.11. The molecule has 9 nitrogen and oxygen atoms in total. The van der Waals surface area contributed by atoms with E-state index in [1.54, 1.807) is 12.1 Å². The summed E-state index contributed by atoms with van der Waals surface area (Å²) >= 11 is 6.17. The summed E-state index contributed by atoms with van der Waals surface area (Å²) in [5, 5.41) is 13.0. The van der Waals surface area contributed by atoms with Gasteiger partial charge in [0.15, 0.2) is 16.7 Å². The minimum absolute atomic E-state index is 0.0258. The molecular weight excluding hydrogens is 364 g/mol. The largest absolute Gasteiger partial charge is 0.479 e. The number of aromatic nitrogens is 2. The Labute approximate surface area is 151 Å². The van der Waals surface area contributed by atoms with Crippen LogP contribution in [0.4, 0.5) is 11.6 Å². The van der Waals surface area contributed by atoms with Crippen LogP contribution in [0, 0.1) is 10.1 Å². The number of nitrogens with one attached hydrogen (secondary N) is 1. The van der Waals surface area contributed by atoms with Gasteiger partial charge in [-0.15, -0.1) is 0 Å². The van der Waals surface area contributed by atoms with Gasteiger partial charge >= 0.3 is 5.88 Å². The number of halogens is 1. The van der Waals surface area contributed by atoms with E-state index in [-0.39, 0.29) is 22.5 Å². The lowest BCUT2D eigenvalue weighted by Crippen LogP contribution is -2.13. The second kappa shape index (κ2) is 7.19. The van der Waals surface area contributed by atoms with Crippen molar-refractivity contribution in [1.82, 2.24) is 9.97 Å². The topological polar surface area (TPSA) is 120 Å². The Morgan fingerprint density at radius 3 is 2.58 bits per heavy atom. The first-order valence-corrected chi connectivity index (χ1v) is 7.60. The van der Waals surface area contributed by atoms with Crippen LogP contribution in [0.1, 0.15) is 10.6 Å². The molecule has 0 bridgehead atoms. The number of furan rings is 1. The normalized spacial score (nSPS) is 10.4. The molecule has 132 valence electrons. The van der Waals surface area contributed by atoms with E-state index in [9.17, 15) is 14.9 Å². The smallest absolute Gasteiger partial charge is 0.433 e. The van der Waals surface area contributed by atoms with Crippen LogP contribution in [0.15, 0.2) is 46.9 Å². The predicted molar refractivity (Wildman–Crippen MR) is 92.3 cm³/mol. The summed E-state index contributed by atoms with van der Waals surface area (Å²) in [5.74, 6) is -1.21. The van der Waals surface area contributed by atoms with E-state index in [0.717, 1.165) is 6.07 Å². The molecule has 0 spiro atoms. The van der Waals surface area contributed by atoms with E-state index in [2.05, 4.69) is 15.3 Å². The summed E-state index contributed by atoms with van der Waals surface area (Å²) < 4.78 is 10.0. The molecule has 0 aliphatic carbocycles. The monoisotopic (exact) mass is 374 g/mol. The molecule has 1 N–H and O–H groups in total. The van der Waals surface area contributed by atoms with Gasteiger partial charge < -0.3 is 14.5 Å². The minimum atomic E-state index is -0.755. The van der Waals surface area contributed by atoms with Gasteiger partial charge in [-0.25, -0.2) is 4.98 Å². The maximum atomic E-state index is 12.2. The van der Waals surface area contributed by atoms with Crippen molar-refractivity contribution in [3.05, 3.63) is 63.5 Å². The molecule has 2 aromatic heterocycles. The lowest BCUT2D eigenvalue weighted by Gasteiger charge is -2.11. The molecule has 0 unspecified atom stereocenters. The van der Waals surface area contributed by atoms with Crippen molar-refractivity contribution in [2.24, 2.45) is 0 Å². The van der Waals surface area contributed by atoms with Gasteiger partial charge in [-0.2, -0.15) is 4.98 Å². The molecule has 26 heavy (non-hydrogen) atoms. The molecular formula is C16H11ClN4O5. The molecule has 2 heterocycles. The zero-order chi connectivity index (χ0) is 18.7. The zero-order valence-corrected chi connectivity index (χ0v) is 14.1. The number of methoxy groups -OCH3 is 1. The number of ether oxygens (including phenoxy) is 1. The van der Waals surface area contributed by atoms with Crippen LogP contribution in [0.2, 0.25) is 5.15 Å². The Bertz CT molecular complexity index is 974. The minimum Gasteiger partial charge on any atom is -0.479 e. The van der Waals surface area contributed by atoms with Crippen molar-refractivity contribution in [2.75, 3.05) is 12.4 Å². The van der Waals surface area contributed by atoms with Crippen LogP contribution in [-0.4, -0.2) is 27.9 Å². The van der Waals surface area contributed by atoms with Gasteiger partial charge in [0.1, 0.15) is 10.6 Å². The third-order valence-corrected chi connectivity index (χ3v) is 3.56. The highest BCUT2D eigenvalue weighted by atomic mass is 35.5. The van der Waals surface area contributed by atoms with Crippen LogP contribution >= 0.6 is 11.6 Å². The van der Waals surface area contributed by atoms with Crippen molar-refractivity contribution in [3.8, 4) is 17.3 Å². The number of benzene rings is 1. The van der Waals surface area contributed by atoms with Crippen molar-refractivity contribution in [1.29, 1.82) is 0 Å². The summed E-state index contributed by atoms with van der Waals surface area (Å²) in [6.07, 6.45) is 0. The fourth-order valence-corrected chi connectivity index (χ4v) is 2.31. The summed E-state index contributed by atoms with van der Waals surface area (Å²) in [7, 11) is 1.36. The van der Waals surface area contributed by atoms with Gasteiger partial charge in [-0.05, 0) is 6.07 Å². The Morgan fingerprint density at radius 2 is 1.96 bits per heavy atom. The summed E-state index contributed by atoms with van der Waals surface area (Å²) in [6, 6.07) is 11.3. The van der Waals surface area contributed by atoms with Crippen molar-refractivity contribution in [3.63, 3.8) is 0 Å². The highest BCUT2D eigenvalue weighted by Gasteiger charge is 2.22. The highest BCUT2D eigenvalue weighted by molar-refractivity contribution is 6.33. The maximum absolute atomic E-state index is 12.2. The molecule has 0 fully saturated rings. The Kier molecular flexibility index (Phi) is 4.81. The number of nitro groups is 1. The number of carbonyl (C=O) groups is 1. The SMILES string of the molecule is COc1nc(-c2ccccc2)nc(Cl)c1NC(=O)c1ccc([N+](=O)[O-])o1. The van der Waals surface area contributed by atoms with E-state index >= 15 is 0 Å². The number of anilines is 1. The molecule has 3 rings (SSSR count). The molecule has 0 aliphatic heterocycles. The molecule has 0 saturated heterocycles. The van der Waals surface area contributed by atoms with Gasteiger partial charge in [0.05, 0.1) is 13.2 Å². The first-order valence-electron chi connectivity index (χ1n) is 7.22. The first-order chi connectivity index (χ1) is 12.5. The van der Waals surface area contributed by atoms with Gasteiger partial charge in [-0.1, -0.05) is 41.9 Å². The van der Waals surface area contributed by atoms with E-state index in [0.29, 0.717) is 11.4 Å². The zero-order valence-electron chi connectivity index (χ0n) is 13.3. The van der Waals surface area contributed by atoms with Crippen molar-refractivity contribution in [2.45, 2.75) is 0 Å². The van der Waals surface area contributed by atoms with Crippen molar-refractivity contribution >= 4 is 29.1 Å². The molecule has 1 aromatic carbocycles. The van der Waals surface area contributed by atoms with Gasteiger partial charge in [0.2, 0.25) is 5.88 Å². The molecule has 1 amide bonds. The Balaban J connectivity index is 1.92. The van der Waals surface area contributed by atoms with Crippen LogP contribution in [0.3, 0.4) is 0 Å². The molecule has 0 atom stereocenters. The Morgan fingerprint density at radius 1 is 1.23 bits per heavy atom. The molecule has 0 aliphatic rings. The summed E-state index contributed by atoms with van der Waals surface area (Å²) in [5.41, 5.74) is 0.741. The van der Waals surface area contributed by atoms with Crippen LogP contribution in [0.25, 0.3) is 11.4 Å². The van der Waals surface area contributed by atoms with Crippen LogP contribution in [0.5, 0.6) is 5.88 Å². The molecule has 3 aromatic rings. The number of hydrogen-bond donors (Lipinski definition) is 1. The standard InChI is InChI=1S/C16H11ClN4O5/c1-25-16-12(18-15(22)10-7-8-11(26-10)21(23)24)13(17)19-14(20-16)9-5-3-2-4-6-9/h2-8H,1H3,(H,18,22). The van der Waals surface area contributed by atoms with Crippen LogP contribution < -0.4 is 10.1 Å². The highest BCUT2D eigenvalue weighted by Crippen LogP contribution is 2.32. The lowest BCUT2D eigenvalue weighted by atomic mass is 10.2. The third-order valence-electron chi connectivity index (χ3n) is 3.29. The molecule has 0 radical (unpaired) electrons. The Hall–Kier alpha value is -3.46. The van der Waals surface area contributed by atoms with Gasteiger partial charge in [0, 0.05) is 5.56 Å². The van der Waals surface area contributed by atoms with E-state index in [1.807, 2.05) is 18.2 Å². The number of rotatable bonds is 5. The molecule has 0 saturated carbocycles. The summed E-state index contributed by atoms with van der Waals surface area (Å²) in [6.45, 7) is 0. The van der Waals surface area contributed by atoms with Gasteiger partial charge in [-0.3, -0.25) is 14.9 Å². The number of carbonyl (C=O) groups excluding carboxylic acids is 1. The third kappa shape index (κ3) is 3.47. The second-order valence-corrected chi connectivity index (χ2v) is 5.30. The predicted octanol–water partition coefficient (Wildman–Crippen LogP) is 3.56. The van der Waals surface area contributed by atoms with Gasteiger partial charge in [0.25, 0.3) is 5.91 Å². The van der Waals surface area contributed by atoms with E-state index in [1.165, 1.54) is 13.2 Å². The quantitative estimate of drug-likeness (QED) is 0.411. The number of hydrogen-bond acceptors (Lipinski definition) is 7. The number of nitrogens with zero attached hydrogens (tertiary/aromatic N) is 3.